The van der Waals surface area contributed by atoms with E-state index < -0.39 is 22.8 Å². The highest BCUT2D eigenvalue weighted by Gasteiger charge is 2.21. The molecule has 1 atom stereocenters. The van der Waals surface area contributed by atoms with Crippen LogP contribution in [-0.4, -0.2) is 29.0 Å². The molecule has 0 bridgehead atoms. The number of carboxylic acids is 1. The van der Waals surface area contributed by atoms with E-state index >= 15 is 0 Å². The van der Waals surface area contributed by atoms with E-state index in [-0.39, 0.29) is 17.7 Å². The number of carbonyl (C=O) groups excluding carboxylic acids is 1. The first-order chi connectivity index (χ1) is 12.3. The molecule has 8 nitrogen and oxygen atoms in total. The number of rotatable bonds is 7. The molecule has 0 aromatic heterocycles. The molecule has 8 heteroatoms. The summed E-state index contributed by atoms with van der Waals surface area (Å²) in [6.45, 7) is 1.57. The third-order valence-corrected chi connectivity index (χ3v) is 3.87. The Morgan fingerprint density at radius 3 is 2.42 bits per heavy atom. The number of benzene rings is 2. The van der Waals surface area contributed by atoms with Gasteiger partial charge in [0, 0.05) is 17.2 Å². The quantitative estimate of drug-likeness (QED) is 0.580. The Balaban J connectivity index is 2.27. The fraction of sp³-hybridized carbons (Fsp3) is 0.222. The highest BCUT2D eigenvalue weighted by atomic mass is 16.6. The zero-order valence-electron chi connectivity index (χ0n) is 14.3. The normalized spacial score (nSPS) is 11.5. The van der Waals surface area contributed by atoms with E-state index in [1.54, 1.807) is 31.2 Å². The Labute approximate surface area is 149 Å². The number of carbonyl (C=O) groups is 2. The lowest BCUT2D eigenvalue weighted by atomic mass is 10.0. The topological polar surface area (TPSA) is 119 Å². The minimum atomic E-state index is -1.08. The summed E-state index contributed by atoms with van der Waals surface area (Å²) in [6, 6.07) is 9.97. The molecule has 0 spiro atoms. The number of aryl methyl sites for hydroxylation is 1. The number of nitrogens with zero attached hydrogens (tertiary/aromatic N) is 1. The Bertz CT molecular complexity index is 832. The summed E-state index contributed by atoms with van der Waals surface area (Å²) in [7, 11) is 1.51. The number of nitro benzene ring substituents is 1. The van der Waals surface area contributed by atoms with E-state index in [1.165, 1.54) is 25.3 Å². The number of hydrogen-bond acceptors (Lipinski definition) is 5. The first kappa shape index (κ1) is 18.9. The molecule has 2 rings (SSSR count). The molecular formula is C18H18N2O6. The second-order valence-electron chi connectivity index (χ2n) is 5.66. The first-order valence-electron chi connectivity index (χ1n) is 7.73. The Morgan fingerprint density at radius 1 is 1.23 bits per heavy atom. The van der Waals surface area contributed by atoms with Gasteiger partial charge in [0.15, 0.2) is 0 Å². The summed E-state index contributed by atoms with van der Waals surface area (Å²) in [5, 5.41) is 22.8. The average molecular weight is 358 g/mol. The molecule has 1 amide bonds. The third-order valence-electron chi connectivity index (χ3n) is 3.87. The maximum Gasteiger partial charge on any atom is 0.305 e. The van der Waals surface area contributed by atoms with Crippen molar-refractivity contribution >= 4 is 17.6 Å². The van der Waals surface area contributed by atoms with Gasteiger partial charge in [-0.1, -0.05) is 18.2 Å². The van der Waals surface area contributed by atoms with E-state index in [2.05, 4.69) is 5.32 Å². The van der Waals surface area contributed by atoms with Crippen LogP contribution < -0.4 is 10.1 Å². The van der Waals surface area contributed by atoms with Crippen molar-refractivity contribution in [2.75, 3.05) is 7.11 Å². The maximum absolute atomic E-state index is 12.5. The number of amides is 1. The fourth-order valence-corrected chi connectivity index (χ4v) is 2.45. The molecule has 26 heavy (non-hydrogen) atoms. The lowest BCUT2D eigenvalue weighted by Crippen LogP contribution is -2.30. The van der Waals surface area contributed by atoms with Crippen molar-refractivity contribution in [3.8, 4) is 5.75 Å². The van der Waals surface area contributed by atoms with E-state index in [9.17, 15) is 19.7 Å². The van der Waals surface area contributed by atoms with Crippen LogP contribution in [0.2, 0.25) is 0 Å². The Morgan fingerprint density at radius 2 is 1.88 bits per heavy atom. The summed E-state index contributed by atoms with van der Waals surface area (Å²) in [6.07, 6.45) is -0.327. The first-order valence-corrected chi connectivity index (χ1v) is 7.73. The van der Waals surface area contributed by atoms with Gasteiger partial charge in [-0.25, -0.2) is 0 Å². The van der Waals surface area contributed by atoms with Crippen molar-refractivity contribution in [2.24, 2.45) is 0 Å². The Kier molecular flexibility index (Phi) is 5.90. The van der Waals surface area contributed by atoms with Crippen LogP contribution in [0.1, 0.15) is 33.9 Å². The number of hydrogen-bond donors (Lipinski definition) is 2. The summed E-state index contributed by atoms with van der Waals surface area (Å²) < 4.78 is 5.06. The van der Waals surface area contributed by atoms with Crippen LogP contribution >= 0.6 is 0 Å². The minimum Gasteiger partial charge on any atom is -0.497 e. The highest BCUT2D eigenvalue weighted by molar-refractivity contribution is 5.95. The van der Waals surface area contributed by atoms with Crippen LogP contribution in [-0.2, 0) is 4.79 Å². The summed E-state index contributed by atoms with van der Waals surface area (Å²) >= 11 is 0. The Hall–Kier alpha value is -3.42. The van der Waals surface area contributed by atoms with E-state index in [0.717, 1.165) is 0 Å². The van der Waals surface area contributed by atoms with Crippen molar-refractivity contribution in [1.82, 2.24) is 5.32 Å². The van der Waals surface area contributed by atoms with Gasteiger partial charge in [-0.05, 0) is 30.7 Å². The SMILES string of the molecule is COc1ccc([C@@H](CC(=O)O)NC(=O)c2ccc(C)c([N+](=O)[O-])c2)cc1. The van der Waals surface area contributed by atoms with Crippen LogP contribution in [0.5, 0.6) is 5.75 Å². The van der Waals surface area contributed by atoms with Crippen LogP contribution in [0.3, 0.4) is 0 Å². The van der Waals surface area contributed by atoms with Crippen LogP contribution in [0.15, 0.2) is 42.5 Å². The van der Waals surface area contributed by atoms with Crippen molar-refractivity contribution in [3.63, 3.8) is 0 Å². The van der Waals surface area contributed by atoms with Gasteiger partial charge >= 0.3 is 5.97 Å². The number of aliphatic carboxylic acids is 1. The molecule has 0 saturated carbocycles. The van der Waals surface area contributed by atoms with Gasteiger partial charge < -0.3 is 15.2 Å². The second kappa shape index (κ2) is 8.11. The number of ether oxygens (including phenoxy) is 1. The molecule has 0 unspecified atom stereocenters. The molecule has 0 fully saturated rings. The summed E-state index contributed by atoms with van der Waals surface area (Å²) in [5.41, 5.74) is 0.940. The van der Waals surface area contributed by atoms with Crippen LogP contribution in [0, 0.1) is 17.0 Å². The van der Waals surface area contributed by atoms with Crippen molar-refractivity contribution in [2.45, 2.75) is 19.4 Å². The van der Waals surface area contributed by atoms with Gasteiger partial charge in [0.05, 0.1) is 24.5 Å². The summed E-state index contributed by atoms with van der Waals surface area (Å²) in [4.78, 5) is 34.1. The third kappa shape index (κ3) is 4.56. The minimum absolute atomic E-state index is 0.0891. The molecular weight excluding hydrogens is 340 g/mol. The van der Waals surface area contributed by atoms with Crippen LogP contribution in [0.25, 0.3) is 0 Å². The zero-order valence-corrected chi connectivity index (χ0v) is 14.3. The lowest BCUT2D eigenvalue weighted by molar-refractivity contribution is -0.385. The van der Waals surface area contributed by atoms with Gasteiger partial charge in [-0.2, -0.15) is 0 Å². The van der Waals surface area contributed by atoms with Crippen molar-refractivity contribution < 1.29 is 24.4 Å². The number of methoxy groups -OCH3 is 1. The molecule has 0 heterocycles. The lowest BCUT2D eigenvalue weighted by Gasteiger charge is -2.18. The molecule has 136 valence electrons. The molecule has 0 aliphatic heterocycles. The number of carboxylic acid groups (broad SMARTS) is 1. The van der Waals surface area contributed by atoms with Gasteiger partial charge in [-0.3, -0.25) is 19.7 Å². The molecule has 2 aromatic rings. The second-order valence-corrected chi connectivity index (χ2v) is 5.66. The largest absolute Gasteiger partial charge is 0.497 e. The van der Waals surface area contributed by atoms with Gasteiger partial charge in [0.1, 0.15) is 5.75 Å². The summed E-state index contributed by atoms with van der Waals surface area (Å²) in [5.74, 6) is -1.07. The van der Waals surface area contributed by atoms with Crippen molar-refractivity contribution in [1.29, 1.82) is 0 Å². The molecule has 2 N–H and O–H groups in total. The number of nitrogens with one attached hydrogen (secondary N) is 1. The fourth-order valence-electron chi connectivity index (χ4n) is 2.45. The smallest absolute Gasteiger partial charge is 0.305 e. The van der Waals surface area contributed by atoms with E-state index in [0.29, 0.717) is 16.9 Å². The predicted molar refractivity (Wildman–Crippen MR) is 93.3 cm³/mol. The molecule has 0 aliphatic rings. The molecule has 0 saturated heterocycles. The predicted octanol–water partition coefficient (Wildman–Crippen LogP) is 2.86. The monoisotopic (exact) mass is 358 g/mol. The molecule has 2 aromatic carbocycles. The van der Waals surface area contributed by atoms with Gasteiger partial charge in [-0.15, -0.1) is 0 Å². The molecule has 0 aliphatic carbocycles. The zero-order chi connectivity index (χ0) is 19.3. The van der Waals surface area contributed by atoms with Crippen LogP contribution in [0.4, 0.5) is 5.69 Å². The number of nitro groups is 1. The van der Waals surface area contributed by atoms with Gasteiger partial charge in [0.2, 0.25) is 0 Å². The maximum atomic E-state index is 12.5. The van der Waals surface area contributed by atoms with E-state index in [4.69, 9.17) is 9.84 Å². The highest BCUT2D eigenvalue weighted by Crippen LogP contribution is 2.23. The van der Waals surface area contributed by atoms with E-state index in [1.807, 2.05) is 0 Å². The van der Waals surface area contributed by atoms with Gasteiger partial charge in [0.25, 0.3) is 11.6 Å². The van der Waals surface area contributed by atoms with Crippen molar-refractivity contribution in [3.05, 3.63) is 69.3 Å². The standard InChI is InChI=1S/C18H18N2O6/c1-11-3-4-13(9-16(11)20(24)25)18(23)19-15(10-17(21)22)12-5-7-14(26-2)8-6-12/h3-9,15H,10H2,1-2H3,(H,19,23)(H,21,22)/t15-/m1/s1. The average Bonchev–Trinajstić information content (AvgIpc) is 2.61. The molecule has 0 radical (unpaired) electrons.